The summed E-state index contributed by atoms with van der Waals surface area (Å²) in [6.07, 6.45) is -0.0164. The molecule has 0 aliphatic carbocycles. The number of nitrogens with zero attached hydrogens (tertiary/aromatic N) is 2. The quantitative estimate of drug-likeness (QED) is 0.473. The molecule has 1 aromatic carbocycles. The first kappa shape index (κ1) is 12.7. The molecule has 0 saturated carbocycles. The predicted octanol–water partition coefficient (Wildman–Crippen LogP) is 2.22. The summed E-state index contributed by atoms with van der Waals surface area (Å²) < 4.78 is 27.3. The molecule has 1 aliphatic heterocycles. The van der Waals surface area contributed by atoms with E-state index in [1.54, 1.807) is 0 Å². The van der Waals surface area contributed by atoms with Gasteiger partial charge in [0.25, 0.3) is 5.69 Å². The zero-order valence-electron chi connectivity index (χ0n) is 8.90. The Morgan fingerprint density at radius 3 is 2.33 bits per heavy atom. The Labute approximate surface area is 105 Å². The van der Waals surface area contributed by atoms with Gasteiger partial charge in [0.15, 0.2) is 11.6 Å². The Balaban J connectivity index is 2.46. The standard InChI is InChI=1S/C10H7ClF2N2O3/c11-5-1-9(16)14(4-5)10-7(12)2-6(15(17)18)3-8(10)13/h2-3,5H,1,4H2. The molecule has 96 valence electrons. The fourth-order valence-electron chi connectivity index (χ4n) is 1.80. The van der Waals surface area contributed by atoms with Crippen molar-refractivity contribution in [3.05, 3.63) is 33.9 Å². The Morgan fingerprint density at radius 2 is 1.94 bits per heavy atom. The monoisotopic (exact) mass is 276 g/mol. The van der Waals surface area contributed by atoms with E-state index in [4.69, 9.17) is 11.6 Å². The number of non-ortho nitro benzene ring substituents is 1. The van der Waals surface area contributed by atoms with Crippen molar-refractivity contribution < 1.29 is 18.5 Å². The molecule has 1 saturated heterocycles. The molecule has 0 bridgehead atoms. The maximum absolute atomic E-state index is 13.6. The lowest BCUT2D eigenvalue weighted by atomic mass is 10.2. The lowest BCUT2D eigenvalue weighted by molar-refractivity contribution is -0.385. The van der Waals surface area contributed by atoms with E-state index < -0.39 is 39.2 Å². The van der Waals surface area contributed by atoms with Crippen molar-refractivity contribution in [2.75, 3.05) is 11.4 Å². The highest BCUT2D eigenvalue weighted by Crippen LogP contribution is 2.32. The largest absolute Gasteiger partial charge is 0.306 e. The van der Waals surface area contributed by atoms with Crippen molar-refractivity contribution >= 4 is 28.9 Å². The van der Waals surface area contributed by atoms with Gasteiger partial charge >= 0.3 is 0 Å². The van der Waals surface area contributed by atoms with Crippen molar-refractivity contribution in [2.24, 2.45) is 0 Å². The maximum atomic E-state index is 13.6. The molecule has 1 heterocycles. The Hall–Kier alpha value is -1.76. The van der Waals surface area contributed by atoms with Crippen LogP contribution in [0.2, 0.25) is 0 Å². The molecule has 1 fully saturated rings. The molecule has 5 nitrogen and oxygen atoms in total. The molecule has 1 atom stereocenters. The average molecular weight is 277 g/mol. The number of benzene rings is 1. The number of anilines is 1. The number of amides is 1. The topological polar surface area (TPSA) is 63.5 Å². The zero-order valence-corrected chi connectivity index (χ0v) is 9.66. The van der Waals surface area contributed by atoms with Crippen LogP contribution in [0.3, 0.4) is 0 Å². The third-order valence-corrected chi connectivity index (χ3v) is 2.85. The highest BCUT2D eigenvalue weighted by Gasteiger charge is 2.33. The minimum absolute atomic E-state index is 0.0164. The molecule has 1 amide bonds. The number of rotatable bonds is 2. The van der Waals surface area contributed by atoms with Gasteiger partial charge in [0.05, 0.1) is 22.4 Å². The zero-order chi connectivity index (χ0) is 13.4. The first-order chi connectivity index (χ1) is 8.40. The van der Waals surface area contributed by atoms with Crippen LogP contribution in [0.5, 0.6) is 0 Å². The first-order valence-electron chi connectivity index (χ1n) is 4.98. The smallest absolute Gasteiger partial charge is 0.275 e. The van der Waals surface area contributed by atoms with Gasteiger partial charge in [-0.1, -0.05) is 0 Å². The predicted molar refractivity (Wildman–Crippen MR) is 59.6 cm³/mol. The van der Waals surface area contributed by atoms with Crippen LogP contribution < -0.4 is 4.90 Å². The lowest BCUT2D eigenvalue weighted by Crippen LogP contribution is -2.26. The number of halogens is 3. The number of nitro groups is 1. The summed E-state index contributed by atoms with van der Waals surface area (Å²) in [5, 5.41) is 9.90. The van der Waals surface area contributed by atoms with E-state index >= 15 is 0 Å². The van der Waals surface area contributed by atoms with Crippen molar-refractivity contribution in [2.45, 2.75) is 11.8 Å². The molecule has 0 N–H and O–H groups in total. The third-order valence-electron chi connectivity index (χ3n) is 2.56. The van der Waals surface area contributed by atoms with E-state index in [2.05, 4.69) is 0 Å². The highest BCUT2D eigenvalue weighted by atomic mass is 35.5. The molecule has 1 aromatic rings. The van der Waals surface area contributed by atoms with E-state index in [1.807, 2.05) is 0 Å². The fraction of sp³-hybridized carbons (Fsp3) is 0.300. The van der Waals surface area contributed by atoms with Gasteiger partial charge in [0, 0.05) is 13.0 Å². The molecule has 18 heavy (non-hydrogen) atoms. The van der Waals surface area contributed by atoms with Gasteiger partial charge in [-0.05, 0) is 0 Å². The van der Waals surface area contributed by atoms with Gasteiger partial charge in [0.2, 0.25) is 5.91 Å². The SMILES string of the molecule is O=C1CC(Cl)CN1c1c(F)cc([N+](=O)[O-])cc1F. The number of carbonyl (C=O) groups excluding carboxylic acids is 1. The van der Waals surface area contributed by atoms with Gasteiger partial charge in [0.1, 0.15) is 5.69 Å². The molecule has 8 heteroatoms. The van der Waals surface area contributed by atoms with Crippen molar-refractivity contribution in [3.63, 3.8) is 0 Å². The molecular weight excluding hydrogens is 270 g/mol. The normalized spacial score (nSPS) is 19.4. The third kappa shape index (κ3) is 2.13. The van der Waals surface area contributed by atoms with E-state index in [9.17, 15) is 23.7 Å². The number of carbonyl (C=O) groups is 1. The second kappa shape index (κ2) is 4.49. The molecule has 0 radical (unpaired) electrons. The molecule has 1 unspecified atom stereocenters. The van der Waals surface area contributed by atoms with Crippen LogP contribution in [0, 0.1) is 21.7 Å². The second-order valence-electron chi connectivity index (χ2n) is 3.82. The van der Waals surface area contributed by atoms with Crippen molar-refractivity contribution in [3.8, 4) is 0 Å². The van der Waals surface area contributed by atoms with Crippen LogP contribution in [0.15, 0.2) is 12.1 Å². The average Bonchev–Trinajstić information content (AvgIpc) is 2.56. The van der Waals surface area contributed by atoms with Crippen LogP contribution in [0.4, 0.5) is 20.2 Å². The Kier molecular flexibility index (Phi) is 3.16. The first-order valence-corrected chi connectivity index (χ1v) is 5.41. The number of nitro benzene ring substituents is 1. The van der Waals surface area contributed by atoms with Crippen LogP contribution in [-0.4, -0.2) is 22.8 Å². The minimum Gasteiger partial charge on any atom is -0.306 e. The molecule has 2 rings (SSSR count). The number of alkyl halides is 1. The molecule has 0 spiro atoms. The summed E-state index contributed by atoms with van der Waals surface area (Å²) in [6, 6.07) is 1.15. The molecular formula is C10H7ClF2N2O3. The van der Waals surface area contributed by atoms with Crippen LogP contribution in [-0.2, 0) is 4.79 Å². The Bertz CT molecular complexity index is 515. The minimum atomic E-state index is -1.15. The summed E-state index contributed by atoms with van der Waals surface area (Å²) in [5.74, 6) is -2.82. The van der Waals surface area contributed by atoms with Crippen LogP contribution in [0.25, 0.3) is 0 Å². The maximum Gasteiger partial charge on any atom is 0.275 e. The molecule has 0 aromatic heterocycles. The number of hydrogen-bond acceptors (Lipinski definition) is 3. The van der Waals surface area contributed by atoms with Gasteiger partial charge in [-0.15, -0.1) is 11.6 Å². The fourth-order valence-corrected chi connectivity index (χ4v) is 2.07. The van der Waals surface area contributed by atoms with E-state index in [0.717, 1.165) is 4.90 Å². The summed E-state index contributed by atoms with van der Waals surface area (Å²) in [4.78, 5) is 21.9. The van der Waals surface area contributed by atoms with E-state index in [-0.39, 0.29) is 13.0 Å². The second-order valence-corrected chi connectivity index (χ2v) is 4.44. The highest BCUT2D eigenvalue weighted by molar-refractivity contribution is 6.24. The number of hydrogen-bond donors (Lipinski definition) is 0. The lowest BCUT2D eigenvalue weighted by Gasteiger charge is -2.17. The van der Waals surface area contributed by atoms with E-state index in [0.29, 0.717) is 12.1 Å². The Morgan fingerprint density at radius 1 is 1.39 bits per heavy atom. The summed E-state index contributed by atoms with van der Waals surface area (Å²) in [7, 11) is 0. The summed E-state index contributed by atoms with van der Waals surface area (Å²) in [5.41, 5.74) is -1.29. The van der Waals surface area contributed by atoms with Gasteiger partial charge in [-0.2, -0.15) is 0 Å². The van der Waals surface area contributed by atoms with Gasteiger partial charge < -0.3 is 4.90 Å². The molecule has 1 aliphatic rings. The van der Waals surface area contributed by atoms with E-state index in [1.165, 1.54) is 0 Å². The summed E-state index contributed by atoms with van der Waals surface area (Å²) in [6.45, 7) is -0.0218. The van der Waals surface area contributed by atoms with Crippen molar-refractivity contribution in [1.29, 1.82) is 0 Å². The van der Waals surface area contributed by atoms with Crippen LogP contribution >= 0.6 is 11.6 Å². The van der Waals surface area contributed by atoms with Gasteiger partial charge in [-0.25, -0.2) is 8.78 Å². The van der Waals surface area contributed by atoms with Crippen LogP contribution in [0.1, 0.15) is 6.42 Å². The van der Waals surface area contributed by atoms with Gasteiger partial charge in [-0.3, -0.25) is 14.9 Å². The summed E-state index contributed by atoms with van der Waals surface area (Å²) >= 11 is 5.72. The van der Waals surface area contributed by atoms with Crippen molar-refractivity contribution in [1.82, 2.24) is 0 Å².